The van der Waals surface area contributed by atoms with Gasteiger partial charge in [-0.2, -0.15) is 0 Å². The van der Waals surface area contributed by atoms with Crippen molar-refractivity contribution in [3.8, 4) is 0 Å². The molecule has 2 unspecified atom stereocenters. The van der Waals surface area contributed by atoms with Gasteiger partial charge < -0.3 is 5.41 Å². The molecule has 1 rings (SSSR count). The van der Waals surface area contributed by atoms with Crippen LogP contribution in [0.5, 0.6) is 0 Å². The van der Waals surface area contributed by atoms with Crippen LogP contribution in [0.2, 0.25) is 0 Å². The maximum atomic E-state index is 7.48. The van der Waals surface area contributed by atoms with Crippen molar-refractivity contribution in [2.75, 3.05) is 0 Å². The normalized spacial score (nSPS) is 25.6. The Morgan fingerprint density at radius 2 is 2.23 bits per heavy atom. The molecule has 0 aromatic heterocycles. The van der Waals surface area contributed by atoms with Gasteiger partial charge in [0.25, 0.3) is 0 Å². The molecule has 74 valence electrons. The number of hydrogen-bond donors (Lipinski definition) is 1. The molecule has 0 aromatic rings. The third kappa shape index (κ3) is 3.75. The molecule has 1 N–H and O–H groups in total. The van der Waals surface area contributed by atoms with Crippen molar-refractivity contribution in [2.24, 2.45) is 11.8 Å². The first-order chi connectivity index (χ1) is 6.25. The smallest absolute Gasteiger partial charge is 0.00919 e. The monoisotopic (exact) mass is 179 g/mol. The van der Waals surface area contributed by atoms with E-state index < -0.39 is 0 Å². The second-order valence-corrected chi connectivity index (χ2v) is 4.21. The van der Waals surface area contributed by atoms with E-state index in [1.807, 2.05) is 13.0 Å². The minimum Gasteiger partial charge on any atom is -0.310 e. The third-order valence-corrected chi connectivity index (χ3v) is 2.96. The van der Waals surface area contributed by atoms with Crippen LogP contribution in [-0.2, 0) is 0 Å². The van der Waals surface area contributed by atoms with Crippen LogP contribution >= 0.6 is 0 Å². The van der Waals surface area contributed by atoms with E-state index in [1.165, 1.54) is 32.1 Å². The SMILES string of the molecule is C=CCCCCCC1CC1C(C)=N. The molecular weight excluding hydrogens is 158 g/mol. The fourth-order valence-corrected chi connectivity index (χ4v) is 1.97. The Balaban J connectivity index is 1.91. The van der Waals surface area contributed by atoms with Crippen LogP contribution in [0.3, 0.4) is 0 Å². The molecule has 13 heavy (non-hydrogen) atoms. The molecule has 0 amide bonds. The zero-order valence-electron chi connectivity index (χ0n) is 8.68. The topological polar surface area (TPSA) is 23.9 Å². The van der Waals surface area contributed by atoms with Crippen LogP contribution in [0.1, 0.15) is 45.4 Å². The van der Waals surface area contributed by atoms with E-state index in [0.29, 0.717) is 5.92 Å². The number of allylic oxidation sites excluding steroid dienone is 1. The highest BCUT2D eigenvalue weighted by Gasteiger charge is 2.37. The molecule has 0 heterocycles. The van der Waals surface area contributed by atoms with Crippen LogP contribution in [0.25, 0.3) is 0 Å². The van der Waals surface area contributed by atoms with Crippen molar-refractivity contribution < 1.29 is 0 Å². The van der Waals surface area contributed by atoms with E-state index in [0.717, 1.165) is 18.1 Å². The highest BCUT2D eigenvalue weighted by Crippen LogP contribution is 2.42. The lowest BCUT2D eigenvalue weighted by molar-refractivity contribution is 0.597. The highest BCUT2D eigenvalue weighted by molar-refractivity contribution is 5.83. The third-order valence-electron chi connectivity index (χ3n) is 2.96. The maximum Gasteiger partial charge on any atom is 0.00919 e. The van der Waals surface area contributed by atoms with Crippen molar-refractivity contribution in [3.05, 3.63) is 12.7 Å². The molecular formula is C12H21N. The second kappa shape index (κ2) is 5.21. The fourth-order valence-electron chi connectivity index (χ4n) is 1.97. The Kier molecular flexibility index (Phi) is 4.20. The molecule has 0 bridgehead atoms. The molecule has 0 saturated heterocycles. The predicted molar refractivity (Wildman–Crippen MR) is 58.3 cm³/mol. The summed E-state index contributed by atoms with van der Waals surface area (Å²) in [6.45, 7) is 5.66. The summed E-state index contributed by atoms with van der Waals surface area (Å²) >= 11 is 0. The molecule has 0 aromatic carbocycles. The van der Waals surface area contributed by atoms with Crippen LogP contribution in [0.4, 0.5) is 0 Å². The van der Waals surface area contributed by atoms with Crippen molar-refractivity contribution in [1.29, 1.82) is 5.41 Å². The summed E-state index contributed by atoms with van der Waals surface area (Å²) in [5.41, 5.74) is 0.899. The van der Waals surface area contributed by atoms with Crippen LogP contribution in [-0.4, -0.2) is 5.71 Å². The summed E-state index contributed by atoms with van der Waals surface area (Å²) in [6, 6.07) is 0. The Morgan fingerprint density at radius 3 is 2.77 bits per heavy atom. The van der Waals surface area contributed by atoms with Crippen molar-refractivity contribution in [1.82, 2.24) is 0 Å². The van der Waals surface area contributed by atoms with Crippen LogP contribution in [0.15, 0.2) is 12.7 Å². The van der Waals surface area contributed by atoms with Gasteiger partial charge in [0.2, 0.25) is 0 Å². The molecule has 1 aliphatic rings. The maximum absolute atomic E-state index is 7.48. The Labute approximate surface area is 81.7 Å². The summed E-state index contributed by atoms with van der Waals surface area (Å²) in [5.74, 6) is 1.51. The fraction of sp³-hybridized carbons (Fsp3) is 0.750. The summed E-state index contributed by atoms with van der Waals surface area (Å²) < 4.78 is 0. The Morgan fingerprint density at radius 1 is 1.46 bits per heavy atom. The Bertz CT molecular complexity index is 184. The first kappa shape index (κ1) is 10.5. The second-order valence-electron chi connectivity index (χ2n) is 4.21. The van der Waals surface area contributed by atoms with Gasteiger partial charge in [0.05, 0.1) is 0 Å². The largest absolute Gasteiger partial charge is 0.310 e. The van der Waals surface area contributed by atoms with Gasteiger partial charge in [0.1, 0.15) is 0 Å². The van der Waals surface area contributed by atoms with Gasteiger partial charge in [-0.3, -0.25) is 0 Å². The summed E-state index contributed by atoms with van der Waals surface area (Å²) in [7, 11) is 0. The molecule has 0 spiro atoms. The molecule has 1 nitrogen and oxygen atoms in total. The first-order valence-corrected chi connectivity index (χ1v) is 5.41. The minimum absolute atomic E-state index is 0.652. The molecule has 2 atom stereocenters. The zero-order chi connectivity index (χ0) is 9.68. The Hall–Kier alpha value is -0.590. The van der Waals surface area contributed by atoms with Gasteiger partial charge >= 0.3 is 0 Å². The molecule has 1 aliphatic carbocycles. The van der Waals surface area contributed by atoms with Gasteiger partial charge in [-0.1, -0.05) is 18.9 Å². The summed E-state index contributed by atoms with van der Waals surface area (Å²) in [4.78, 5) is 0. The van der Waals surface area contributed by atoms with Gasteiger partial charge in [-0.05, 0) is 44.4 Å². The van der Waals surface area contributed by atoms with Crippen LogP contribution < -0.4 is 0 Å². The van der Waals surface area contributed by atoms with Gasteiger partial charge in [0.15, 0.2) is 0 Å². The van der Waals surface area contributed by atoms with Gasteiger partial charge in [-0.15, -0.1) is 6.58 Å². The summed E-state index contributed by atoms with van der Waals surface area (Å²) in [5, 5.41) is 7.48. The number of rotatable bonds is 7. The zero-order valence-corrected chi connectivity index (χ0v) is 8.68. The number of nitrogens with one attached hydrogen (secondary N) is 1. The van der Waals surface area contributed by atoms with Crippen molar-refractivity contribution >= 4 is 5.71 Å². The van der Waals surface area contributed by atoms with Crippen molar-refractivity contribution in [3.63, 3.8) is 0 Å². The first-order valence-electron chi connectivity index (χ1n) is 5.41. The van der Waals surface area contributed by atoms with Crippen LogP contribution in [0, 0.1) is 17.2 Å². The van der Waals surface area contributed by atoms with E-state index in [2.05, 4.69) is 6.58 Å². The lowest BCUT2D eigenvalue weighted by atomic mass is 10.1. The minimum atomic E-state index is 0.652. The average Bonchev–Trinajstić information content (AvgIpc) is 2.83. The number of hydrogen-bond acceptors (Lipinski definition) is 1. The van der Waals surface area contributed by atoms with Gasteiger partial charge in [-0.25, -0.2) is 0 Å². The number of unbranched alkanes of at least 4 members (excludes halogenated alkanes) is 3. The van der Waals surface area contributed by atoms with E-state index in [9.17, 15) is 0 Å². The average molecular weight is 179 g/mol. The highest BCUT2D eigenvalue weighted by atomic mass is 14.5. The molecule has 0 radical (unpaired) electrons. The molecule has 0 aliphatic heterocycles. The summed E-state index contributed by atoms with van der Waals surface area (Å²) in [6.07, 6.45) is 9.78. The van der Waals surface area contributed by atoms with E-state index in [4.69, 9.17) is 5.41 Å². The molecule has 1 heteroatoms. The van der Waals surface area contributed by atoms with E-state index >= 15 is 0 Å². The predicted octanol–water partition coefficient (Wildman–Crippen LogP) is 3.80. The van der Waals surface area contributed by atoms with Crippen molar-refractivity contribution in [2.45, 2.75) is 45.4 Å². The lowest BCUT2D eigenvalue weighted by Gasteiger charge is -1.98. The lowest BCUT2D eigenvalue weighted by Crippen LogP contribution is -1.94. The molecule has 1 saturated carbocycles. The van der Waals surface area contributed by atoms with E-state index in [1.54, 1.807) is 0 Å². The quantitative estimate of drug-likeness (QED) is 0.349. The van der Waals surface area contributed by atoms with Gasteiger partial charge in [0, 0.05) is 5.71 Å². The molecule has 1 fully saturated rings. The standard InChI is InChI=1S/C12H21N/c1-3-4-5-6-7-8-11-9-12(11)10(2)13/h3,11-13H,1,4-9H2,2H3. The van der Waals surface area contributed by atoms with E-state index in [-0.39, 0.29) is 0 Å².